The second-order valence-corrected chi connectivity index (χ2v) is 10.6. The summed E-state index contributed by atoms with van der Waals surface area (Å²) in [7, 11) is 0. The van der Waals surface area contributed by atoms with Gasteiger partial charge in [0, 0.05) is 25.1 Å². The van der Waals surface area contributed by atoms with Crippen molar-refractivity contribution in [1.29, 1.82) is 0 Å². The number of carbonyl (C=O) groups excluding carboxylic acids is 4. The fraction of sp³-hybridized carbons (Fsp3) is 0.846. The Morgan fingerprint density at radius 1 is 0.675 bits per heavy atom. The lowest BCUT2D eigenvalue weighted by atomic mass is 10.0. The summed E-state index contributed by atoms with van der Waals surface area (Å²) in [4.78, 5) is 46.4. The van der Waals surface area contributed by atoms with Crippen molar-refractivity contribution in [3.8, 4) is 0 Å². The Morgan fingerprint density at radius 3 is 1.85 bits per heavy atom. The first-order valence-electron chi connectivity index (χ1n) is 14.0. The molecule has 0 aromatic heterocycles. The number of amides is 3. The van der Waals surface area contributed by atoms with Crippen molar-refractivity contribution in [2.75, 3.05) is 44.4 Å². The molecule has 0 heterocycles. The van der Waals surface area contributed by atoms with Gasteiger partial charge < -0.3 is 46.2 Å². The molecule has 0 radical (unpaired) electrons. The summed E-state index contributed by atoms with van der Waals surface area (Å²) in [5.74, 6) is 0.210. The first kappa shape index (κ1) is 38.0. The Balaban J connectivity index is 3.54. The molecule has 234 valence electrons. The highest BCUT2D eigenvalue weighted by molar-refractivity contribution is 7.99. The highest BCUT2D eigenvalue weighted by Gasteiger charge is 2.30. The molecule has 0 aliphatic rings. The number of aliphatic hydroxyl groups is 5. The Labute approximate surface area is 240 Å². The summed E-state index contributed by atoms with van der Waals surface area (Å²) in [5, 5.41) is 54.5. The van der Waals surface area contributed by atoms with E-state index in [1.165, 1.54) is 0 Å². The maximum atomic E-state index is 11.9. The van der Waals surface area contributed by atoms with Crippen LogP contribution in [0.4, 0.5) is 0 Å². The third-order valence-electron chi connectivity index (χ3n) is 5.93. The predicted molar refractivity (Wildman–Crippen MR) is 150 cm³/mol. The molecule has 0 saturated heterocycles. The van der Waals surface area contributed by atoms with Gasteiger partial charge in [0.25, 0.3) is 0 Å². The monoisotopic (exact) mass is 595 g/mol. The second kappa shape index (κ2) is 24.8. The van der Waals surface area contributed by atoms with Crippen LogP contribution in [0.15, 0.2) is 0 Å². The second-order valence-electron chi connectivity index (χ2n) is 9.40. The molecule has 0 aliphatic heterocycles. The summed E-state index contributed by atoms with van der Waals surface area (Å²) in [6, 6.07) is 0. The lowest BCUT2D eigenvalue weighted by Gasteiger charge is -2.25. The molecule has 14 heteroatoms. The Kier molecular flexibility index (Phi) is 23.6. The van der Waals surface area contributed by atoms with Gasteiger partial charge in [-0.1, -0.05) is 38.5 Å². The quantitative estimate of drug-likeness (QED) is 0.0472. The largest absolute Gasteiger partial charge is 0.465 e. The maximum absolute atomic E-state index is 11.9. The first-order chi connectivity index (χ1) is 19.1. The average molecular weight is 596 g/mol. The molecule has 0 bridgehead atoms. The lowest BCUT2D eigenvalue weighted by Crippen LogP contribution is -2.49. The van der Waals surface area contributed by atoms with Gasteiger partial charge in [-0.15, -0.1) is 0 Å². The summed E-state index contributed by atoms with van der Waals surface area (Å²) < 4.78 is 4.70. The van der Waals surface area contributed by atoms with Crippen molar-refractivity contribution in [2.24, 2.45) is 0 Å². The van der Waals surface area contributed by atoms with Gasteiger partial charge in [0.1, 0.15) is 24.9 Å². The third-order valence-corrected chi connectivity index (χ3v) is 7.00. The van der Waals surface area contributed by atoms with Crippen LogP contribution in [0.2, 0.25) is 0 Å². The molecule has 40 heavy (non-hydrogen) atoms. The molecule has 13 nitrogen and oxygen atoms in total. The Morgan fingerprint density at radius 2 is 1.23 bits per heavy atom. The van der Waals surface area contributed by atoms with Crippen LogP contribution in [0, 0.1) is 0 Å². The van der Waals surface area contributed by atoms with Gasteiger partial charge in [0.15, 0.2) is 0 Å². The minimum atomic E-state index is -1.71. The highest BCUT2D eigenvalue weighted by atomic mass is 32.2. The normalized spacial score (nSPS) is 14.1. The van der Waals surface area contributed by atoms with E-state index < -0.39 is 42.9 Å². The summed E-state index contributed by atoms with van der Waals surface area (Å²) in [6.45, 7) is 0.510. The van der Waals surface area contributed by atoms with Crippen molar-refractivity contribution >= 4 is 35.5 Å². The SMILES string of the molecule is CCOC(=O)CNC(=O)CNC(=O)CCSCCCCCCCCCCC(=O)NC[C@H](O)[C@@H](O)[C@H](O)[C@H](O)CO. The zero-order valence-corrected chi connectivity index (χ0v) is 24.3. The number of esters is 1. The van der Waals surface area contributed by atoms with Crippen molar-refractivity contribution < 1.29 is 49.4 Å². The minimum Gasteiger partial charge on any atom is -0.465 e. The minimum absolute atomic E-state index is 0.170. The summed E-state index contributed by atoms with van der Waals surface area (Å²) >= 11 is 1.70. The van der Waals surface area contributed by atoms with Gasteiger partial charge >= 0.3 is 5.97 Å². The van der Waals surface area contributed by atoms with Crippen LogP contribution in [0.25, 0.3) is 0 Å². The fourth-order valence-corrected chi connectivity index (χ4v) is 4.46. The number of hydrogen-bond donors (Lipinski definition) is 8. The van der Waals surface area contributed by atoms with Gasteiger partial charge in [-0.3, -0.25) is 19.2 Å². The summed E-state index contributed by atoms with van der Waals surface area (Å²) in [5.41, 5.74) is 0. The predicted octanol–water partition coefficient (Wildman–Crippen LogP) is -1.03. The molecule has 0 aliphatic carbocycles. The molecule has 0 aromatic carbocycles. The number of carbonyl (C=O) groups is 4. The smallest absolute Gasteiger partial charge is 0.325 e. The van der Waals surface area contributed by atoms with Crippen molar-refractivity contribution in [3.63, 3.8) is 0 Å². The number of rotatable bonds is 25. The molecule has 3 amide bonds. The lowest BCUT2D eigenvalue weighted by molar-refractivity contribution is -0.143. The van der Waals surface area contributed by atoms with Crippen LogP contribution < -0.4 is 16.0 Å². The van der Waals surface area contributed by atoms with Crippen LogP contribution >= 0.6 is 11.8 Å². The number of hydrogen-bond acceptors (Lipinski definition) is 11. The van der Waals surface area contributed by atoms with Crippen LogP contribution in [0.5, 0.6) is 0 Å². The van der Waals surface area contributed by atoms with Gasteiger partial charge in [-0.2, -0.15) is 11.8 Å². The van der Waals surface area contributed by atoms with E-state index in [1.807, 2.05) is 0 Å². The highest BCUT2D eigenvalue weighted by Crippen LogP contribution is 2.12. The number of ether oxygens (including phenoxy) is 1. The fourth-order valence-electron chi connectivity index (χ4n) is 3.52. The number of thioether (sulfide) groups is 1. The van der Waals surface area contributed by atoms with E-state index in [9.17, 15) is 39.6 Å². The topological polar surface area (TPSA) is 215 Å². The molecule has 0 fully saturated rings. The van der Waals surface area contributed by atoms with Crippen molar-refractivity contribution in [3.05, 3.63) is 0 Å². The molecule has 8 N–H and O–H groups in total. The molecule has 4 atom stereocenters. The third kappa shape index (κ3) is 20.9. The Bertz CT molecular complexity index is 716. The van der Waals surface area contributed by atoms with Crippen LogP contribution in [-0.4, -0.2) is 118 Å². The van der Waals surface area contributed by atoms with Gasteiger partial charge in [-0.25, -0.2) is 0 Å². The molecular weight excluding hydrogens is 546 g/mol. The van der Waals surface area contributed by atoms with E-state index in [1.54, 1.807) is 18.7 Å². The van der Waals surface area contributed by atoms with E-state index in [4.69, 9.17) is 9.84 Å². The van der Waals surface area contributed by atoms with Gasteiger partial charge in [0.2, 0.25) is 17.7 Å². The summed E-state index contributed by atoms with van der Waals surface area (Å²) in [6.07, 6.45) is 2.31. The van der Waals surface area contributed by atoms with Crippen molar-refractivity contribution in [1.82, 2.24) is 16.0 Å². The molecule has 0 spiro atoms. The Hall–Kier alpha value is -1.97. The van der Waals surface area contributed by atoms with Crippen LogP contribution in [-0.2, 0) is 23.9 Å². The zero-order chi connectivity index (χ0) is 30.2. The van der Waals surface area contributed by atoms with Gasteiger partial charge in [-0.05, 0) is 25.5 Å². The van der Waals surface area contributed by atoms with E-state index in [2.05, 4.69) is 16.0 Å². The zero-order valence-electron chi connectivity index (χ0n) is 23.5. The molecular formula is C26H49N3O10S. The molecule has 0 rings (SSSR count). The number of unbranched alkanes of at least 4 members (excludes halogenated alkanes) is 7. The van der Waals surface area contributed by atoms with Crippen molar-refractivity contribution in [2.45, 2.75) is 95.5 Å². The molecule has 0 unspecified atom stereocenters. The van der Waals surface area contributed by atoms with E-state index in [0.717, 1.165) is 50.7 Å². The molecule has 0 aromatic rings. The number of aliphatic hydroxyl groups excluding tert-OH is 5. The van der Waals surface area contributed by atoms with Gasteiger partial charge in [0.05, 0.1) is 25.9 Å². The molecule has 0 saturated carbocycles. The number of nitrogens with one attached hydrogen (secondary N) is 3. The average Bonchev–Trinajstić information content (AvgIpc) is 2.94. The van der Waals surface area contributed by atoms with E-state index in [-0.39, 0.29) is 38.1 Å². The van der Waals surface area contributed by atoms with E-state index in [0.29, 0.717) is 25.0 Å². The van der Waals surface area contributed by atoms with Crippen LogP contribution in [0.3, 0.4) is 0 Å². The standard InChI is InChI=1S/C26H49N3O10S/c1-2-39-24(36)17-29-23(35)16-28-22(34)12-14-40-13-10-8-6-4-3-5-7-9-11-21(33)27-15-19(31)25(37)26(38)20(32)18-30/h19-20,25-26,30-32,37-38H,2-18H2,1H3,(H,27,33)(H,28,34)(H,29,35)/t19-,20+,25+,26+/m0/s1. The van der Waals surface area contributed by atoms with Crippen LogP contribution in [0.1, 0.15) is 71.1 Å². The maximum Gasteiger partial charge on any atom is 0.325 e. The van der Waals surface area contributed by atoms with E-state index >= 15 is 0 Å². The first-order valence-corrected chi connectivity index (χ1v) is 15.1.